The molecule has 3 aromatic carbocycles. The molecule has 3 aromatic rings. The van der Waals surface area contributed by atoms with E-state index < -0.39 is 29.3 Å². The van der Waals surface area contributed by atoms with E-state index in [4.69, 9.17) is 14.2 Å². The Labute approximate surface area is 195 Å². The smallest absolute Gasteiger partial charge is 0.300 e. The van der Waals surface area contributed by atoms with Crippen LogP contribution in [0.4, 0.5) is 10.1 Å². The summed E-state index contributed by atoms with van der Waals surface area (Å²) in [6.07, 6.45) is 0. The lowest BCUT2D eigenvalue weighted by Crippen LogP contribution is -2.29. The van der Waals surface area contributed by atoms with Crippen molar-refractivity contribution in [3.8, 4) is 17.2 Å². The van der Waals surface area contributed by atoms with Crippen LogP contribution in [0.3, 0.4) is 0 Å². The van der Waals surface area contributed by atoms with Gasteiger partial charge in [-0.25, -0.2) is 4.39 Å². The zero-order valence-electron chi connectivity index (χ0n) is 18.7. The van der Waals surface area contributed by atoms with E-state index in [2.05, 4.69) is 0 Å². The van der Waals surface area contributed by atoms with Crippen molar-refractivity contribution in [2.75, 3.05) is 26.2 Å². The van der Waals surface area contributed by atoms with E-state index >= 15 is 0 Å². The Kier molecular flexibility index (Phi) is 6.23. The van der Waals surface area contributed by atoms with E-state index in [9.17, 15) is 19.1 Å². The molecule has 0 spiro atoms. The summed E-state index contributed by atoms with van der Waals surface area (Å²) in [7, 11) is 4.36. The third-order valence-electron chi connectivity index (χ3n) is 5.66. The summed E-state index contributed by atoms with van der Waals surface area (Å²) < 4.78 is 30.7. The second kappa shape index (κ2) is 9.27. The number of halogens is 1. The lowest BCUT2D eigenvalue weighted by atomic mass is 9.94. The van der Waals surface area contributed by atoms with Crippen molar-refractivity contribution >= 4 is 23.1 Å². The van der Waals surface area contributed by atoms with E-state index in [1.807, 2.05) is 0 Å². The minimum Gasteiger partial charge on any atom is -0.507 e. The number of benzene rings is 3. The maximum atomic E-state index is 15.0. The van der Waals surface area contributed by atoms with Crippen LogP contribution in [0.1, 0.15) is 17.2 Å². The van der Waals surface area contributed by atoms with E-state index in [1.165, 1.54) is 50.5 Å². The molecule has 7 nitrogen and oxygen atoms in total. The van der Waals surface area contributed by atoms with Gasteiger partial charge in [0.05, 0.1) is 38.5 Å². The second-order valence-corrected chi connectivity index (χ2v) is 7.45. The summed E-state index contributed by atoms with van der Waals surface area (Å²) in [5.74, 6) is -1.79. The number of ether oxygens (including phenoxy) is 3. The molecule has 4 rings (SSSR count). The fourth-order valence-corrected chi connectivity index (χ4v) is 3.98. The van der Waals surface area contributed by atoms with Gasteiger partial charge in [0.1, 0.15) is 28.8 Å². The lowest BCUT2D eigenvalue weighted by molar-refractivity contribution is -0.132. The van der Waals surface area contributed by atoms with Gasteiger partial charge in [0.15, 0.2) is 0 Å². The molecule has 1 atom stereocenters. The van der Waals surface area contributed by atoms with Crippen molar-refractivity contribution in [1.82, 2.24) is 0 Å². The summed E-state index contributed by atoms with van der Waals surface area (Å²) in [6, 6.07) is 15.7. The Hall–Kier alpha value is -4.33. The van der Waals surface area contributed by atoms with Crippen molar-refractivity contribution in [3.05, 3.63) is 89.2 Å². The van der Waals surface area contributed by atoms with E-state index in [-0.39, 0.29) is 22.4 Å². The van der Waals surface area contributed by atoms with Crippen LogP contribution in [0.15, 0.2) is 72.3 Å². The third kappa shape index (κ3) is 3.83. The Morgan fingerprint density at radius 1 is 0.882 bits per heavy atom. The van der Waals surface area contributed by atoms with E-state index in [1.54, 1.807) is 42.5 Å². The van der Waals surface area contributed by atoms with Gasteiger partial charge in [-0.15, -0.1) is 0 Å². The highest BCUT2D eigenvalue weighted by molar-refractivity contribution is 6.51. The second-order valence-electron chi connectivity index (χ2n) is 7.45. The number of ketones is 1. The van der Waals surface area contributed by atoms with Gasteiger partial charge in [-0.3, -0.25) is 14.5 Å². The number of hydrogen-bond donors (Lipinski definition) is 1. The standard InChI is InChI=1S/C26H22FNO6/c1-32-16-10-8-15(9-11-16)28-23(18-6-4-5-7-20(18)27)22(25(30)26(28)31)24(29)19-14-17(33-2)12-13-21(19)34-3/h4-14,23,29H,1-3H3/b24-22+. The van der Waals surface area contributed by atoms with Crippen molar-refractivity contribution in [3.63, 3.8) is 0 Å². The number of Topliss-reactive ketones (excluding diaryl/α,β-unsaturated/α-hetero) is 1. The van der Waals surface area contributed by atoms with Crippen molar-refractivity contribution in [1.29, 1.82) is 0 Å². The average molecular weight is 463 g/mol. The molecule has 1 saturated heterocycles. The number of carbonyl (C=O) groups is 2. The minimum atomic E-state index is -1.22. The summed E-state index contributed by atoms with van der Waals surface area (Å²) in [5.41, 5.74) is 0.266. The molecular formula is C26H22FNO6. The molecule has 1 N–H and O–H groups in total. The minimum absolute atomic E-state index is 0.0564. The van der Waals surface area contributed by atoms with E-state index in [0.29, 0.717) is 17.2 Å². The van der Waals surface area contributed by atoms with Crippen molar-refractivity contribution in [2.45, 2.75) is 6.04 Å². The van der Waals surface area contributed by atoms with Gasteiger partial charge in [-0.2, -0.15) is 0 Å². The normalized spacial score (nSPS) is 17.1. The van der Waals surface area contributed by atoms with Crippen LogP contribution in [-0.2, 0) is 9.59 Å². The molecule has 0 bridgehead atoms. The Balaban J connectivity index is 1.98. The van der Waals surface area contributed by atoms with Crippen molar-refractivity contribution < 1.29 is 33.3 Å². The van der Waals surface area contributed by atoms with Gasteiger partial charge in [-0.05, 0) is 48.5 Å². The molecule has 1 aliphatic heterocycles. The number of aliphatic hydroxyl groups is 1. The van der Waals surface area contributed by atoms with Gasteiger partial charge in [0, 0.05) is 11.3 Å². The van der Waals surface area contributed by atoms with Crippen molar-refractivity contribution in [2.24, 2.45) is 0 Å². The first-order valence-corrected chi connectivity index (χ1v) is 10.3. The Morgan fingerprint density at radius 2 is 1.53 bits per heavy atom. The summed E-state index contributed by atoms with van der Waals surface area (Å²) in [5, 5.41) is 11.3. The summed E-state index contributed by atoms with van der Waals surface area (Å²) in [6.45, 7) is 0. The van der Waals surface area contributed by atoms with Crippen LogP contribution in [-0.4, -0.2) is 38.1 Å². The van der Waals surface area contributed by atoms with Gasteiger partial charge >= 0.3 is 0 Å². The molecule has 0 radical (unpaired) electrons. The predicted octanol–water partition coefficient (Wildman–Crippen LogP) is 4.48. The van der Waals surface area contributed by atoms with Crippen LogP contribution in [0.2, 0.25) is 0 Å². The molecular weight excluding hydrogens is 441 g/mol. The Bertz CT molecular complexity index is 1280. The number of carbonyl (C=O) groups excluding carboxylic acids is 2. The highest BCUT2D eigenvalue weighted by atomic mass is 19.1. The number of hydrogen-bond acceptors (Lipinski definition) is 6. The maximum Gasteiger partial charge on any atom is 0.300 e. The SMILES string of the molecule is COc1ccc(N2C(=O)C(=O)/C(=C(/O)c3cc(OC)ccc3OC)C2c2ccccc2F)cc1. The zero-order chi connectivity index (χ0) is 24.4. The monoisotopic (exact) mass is 463 g/mol. The fraction of sp³-hybridized carbons (Fsp3) is 0.154. The molecule has 1 fully saturated rings. The largest absolute Gasteiger partial charge is 0.507 e. The van der Waals surface area contributed by atoms with Crippen LogP contribution in [0.25, 0.3) is 5.76 Å². The highest BCUT2D eigenvalue weighted by Gasteiger charge is 2.48. The quantitative estimate of drug-likeness (QED) is 0.330. The first-order valence-electron chi connectivity index (χ1n) is 10.3. The number of aliphatic hydroxyl groups excluding tert-OH is 1. The molecule has 0 saturated carbocycles. The van der Waals surface area contributed by atoms with Crippen LogP contribution >= 0.6 is 0 Å². The van der Waals surface area contributed by atoms with Crippen LogP contribution in [0, 0.1) is 5.82 Å². The molecule has 8 heteroatoms. The number of nitrogens with zero attached hydrogens (tertiary/aromatic N) is 1. The van der Waals surface area contributed by atoms with Gasteiger partial charge < -0.3 is 19.3 Å². The fourth-order valence-electron chi connectivity index (χ4n) is 3.98. The molecule has 0 aromatic heterocycles. The number of methoxy groups -OCH3 is 3. The molecule has 1 aliphatic rings. The van der Waals surface area contributed by atoms with Gasteiger partial charge in [-0.1, -0.05) is 18.2 Å². The first kappa shape index (κ1) is 22.8. The third-order valence-corrected chi connectivity index (χ3v) is 5.66. The molecule has 34 heavy (non-hydrogen) atoms. The first-order chi connectivity index (χ1) is 16.4. The zero-order valence-corrected chi connectivity index (χ0v) is 18.7. The number of rotatable bonds is 6. The maximum absolute atomic E-state index is 15.0. The summed E-state index contributed by atoms with van der Waals surface area (Å²) in [4.78, 5) is 27.6. The van der Waals surface area contributed by atoms with Crippen LogP contribution < -0.4 is 19.1 Å². The molecule has 1 unspecified atom stereocenters. The predicted molar refractivity (Wildman–Crippen MR) is 124 cm³/mol. The Morgan fingerprint density at radius 3 is 2.15 bits per heavy atom. The number of anilines is 1. The van der Waals surface area contributed by atoms with E-state index in [0.717, 1.165) is 0 Å². The van der Waals surface area contributed by atoms with Gasteiger partial charge in [0.25, 0.3) is 11.7 Å². The molecule has 1 heterocycles. The highest BCUT2D eigenvalue weighted by Crippen LogP contribution is 2.44. The average Bonchev–Trinajstić information content (AvgIpc) is 3.13. The lowest BCUT2D eigenvalue weighted by Gasteiger charge is -2.26. The molecule has 174 valence electrons. The molecule has 1 amide bonds. The number of amides is 1. The topological polar surface area (TPSA) is 85.3 Å². The summed E-state index contributed by atoms with van der Waals surface area (Å²) >= 11 is 0. The van der Waals surface area contributed by atoms with Crippen LogP contribution in [0.5, 0.6) is 17.2 Å². The molecule has 0 aliphatic carbocycles. The van der Waals surface area contributed by atoms with Gasteiger partial charge in [0.2, 0.25) is 0 Å².